The largest absolute Gasteiger partial charge is 0.466 e. The molecule has 10 atom stereocenters. The lowest BCUT2D eigenvalue weighted by molar-refractivity contribution is -0.135. The van der Waals surface area contributed by atoms with E-state index in [0.717, 1.165) is 36.8 Å². The molecule has 16 nitrogen and oxygen atoms in total. The van der Waals surface area contributed by atoms with Crippen molar-refractivity contribution in [3.63, 3.8) is 0 Å². The molecule has 336 valence electrons. The minimum atomic E-state index is -0.639. The minimum absolute atomic E-state index is 0.0681. The molecule has 0 spiro atoms. The second kappa shape index (κ2) is 22.7. The zero-order chi connectivity index (χ0) is 44.9. The SMILES string of the molecule is C=C1/C(=C/C(=O)OC)CC(OC)CC1O.C=C1/C(=C/C(=O)OC)CC(OC)CC1O.COC(=O)/C=C1\CC(OC)CC2O[C@@]12C.COC(=O)/C=C1\CC(OC)CC2O[C@]12C. The van der Waals surface area contributed by atoms with Gasteiger partial charge in [0.1, 0.15) is 11.2 Å². The molecule has 2 heterocycles. The molecule has 6 aliphatic rings. The van der Waals surface area contributed by atoms with Gasteiger partial charge in [-0.15, -0.1) is 0 Å². The second-order valence-corrected chi connectivity index (χ2v) is 15.5. The van der Waals surface area contributed by atoms with E-state index >= 15 is 0 Å². The Morgan fingerprint density at radius 2 is 0.800 bits per heavy atom. The average Bonchev–Trinajstić information content (AvgIpc) is 4.14. The average molecular weight is 849 g/mol. The van der Waals surface area contributed by atoms with Crippen molar-refractivity contribution in [2.24, 2.45) is 0 Å². The van der Waals surface area contributed by atoms with Gasteiger partial charge in [-0.3, -0.25) is 0 Å². The topological polar surface area (TPSA) is 208 Å². The predicted octanol–water partition coefficient (Wildman–Crippen LogP) is 3.73. The van der Waals surface area contributed by atoms with Crippen molar-refractivity contribution in [2.45, 2.75) is 125 Å². The summed E-state index contributed by atoms with van der Waals surface area (Å²) in [5.74, 6) is -1.51. The Balaban J connectivity index is 0.000000214. The smallest absolute Gasteiger partial charge is 0.330 e. The number of carbonyl (C=O) groups excluding carboxylic acids is 4. The molecule has 0 aromatic heterocycles. The molecule has 0 bridgehead atoms. The highest BCUT2D eigenvalue weighted by Crippen LogP contribution is 2.52. The monoisotopic (exact) mass is 848 g/mol. The third-order valence-corrected chi connectivity index (χ3v) is 11.8. The summed E-state index contributed by atoms with van der Waals surface area (Å²) in [4.78, 5) is 44.5. The zero-order valence-electron chi connectivity index (χ0n) is 36.6. The maximum absolute atomic E-state index is 11.2. The molecular formula is C44H64O16. The normalized spacial score (nSPS) is 35.2. The molecule has 8 unspecified atom stereocenters. The first-order valence-electron chi connectivity index (χ1n) is 19.7. The number of esters is 4. The highest BCUT2D eigenvalue weighted by atomic mass is 16.6. The molecular weight excluding hydrogens is 784 g/mol. The van der Waals surface area contributed by atoms with Crippen LogP contribution in [0.25, 0.3) is 0 Å². The summed E-state index contributed by atoms with van der Waals surface area (Å²) >= 11 is 0. The van der Waals surface area contributed by atoms with Gasteiger partial charge in [0.15, 0.2) is 0 Å². The molecule has 4 aliphatic carbocycles. The van der Waals surface area contributed by atoms with Gasteiger partial charge in [0, 0.05) is 78.4 Å². The second-order valence-electron chi connectivity index (χ2n) is 15.5. The third kappa shape index (κ3) is 13.5. The van der Waals surface area contributed by atoms with Crippen LogP contribution < -0.4 is 0 Å². The van der Waals surface area contributed by atoms with Crippen LogP contribution in [-0.2, 0) is 66.5 Å². The molecule has 0 amide bonds. The summed E-state index contributed by atoms with van der Waals surface area (Å²) < 4.78 is 50.4. The van der Waals surface area contributed by atoms with Crippen LogP contribution in [0.5, 0.6) is 0 Å². The molecule has 16 heteroatoms. The van der Waals surface area contributed by atoms with Gasteiger partial charge in [0.25, 0.3) is 0 Å². The molecule has 2 saturated heterocycles. The van der Waals surface area contributed by atoms with Crippen LogP contribution >= 0.6 is 0 Å². The van der Waals surface area contributed by atoms with Crippen molar-refractivity contribution in [1.82, 2.24) is 0 Å². The van der Waals surface area contributed by atoms with Gasteiger partial charge in [0.05, 0.1) is 77.3 Å². The maximum atomic E-state index is 11.2. The Hall–Kier alpha value is -4.00. The Morgan fingerprint density at radius 1 is 0.517 bits per heavy atom. The molecule has 0 radical (unpaired) electrons. The fourth-order valence-electron chi connectivity index (χ4n) is 7.53. The van der Waals surface area contributed by atoms with Crippen molar-refractivity contribution in [1.29, 1.82) is 0 Å². The van der Waals surface area contributed by atoms with E-state index in [-0.39, 0.29) is 59.8 Å². The van der Waals surface area contributed by atoms with Crippen molar-refractivity contribution in [3.05, 3.63) is 70.9 Å². The zero-order valence-corrected chi connectivity index (χ0v) is 36.6. The number of rotatable bonds is 8. The predicted molar refractivity (Wildman–Crippen MR) is 217 cm³/mol. The summed E-state index contributed by atoms with van der Waals surface area (Å²) in [5, 5.41) is 19.3. The number of methoxy groups -OCH3 is 8. The number of epoxide rings is 2. The molecule has 60 heavy (non-hydrogen) atoms. The molecule has 2 aliphatic heterocycles. The van der Waals surface area contributed by atoms with E-state index in [0.29, 0.717) is 48.0 Å². The van der Waals surface area contributed by atoms with Gasteiger partial charge in [0.2, 0.25) is 0 Å². The van der Waals surface area contributed by atoms with Gasteiger partial charge in [-0.2, -0.15) is 0 Å². The van der Waals surface area contributed by atoms with Gasteiger partial charge < -0.3 is 57.6 Å². The molecule has 0 aromatic rings. The summed E-state index contributed by atoms with van der Waals surface area (Å²) in [7, 11) is 11.9. The number of hydrogen-bond donors (Lipinski definition) is 2. The Labute approximate surface area is 353 Å². The van der Waals surface area contributed by atoms with E-state index in [9.17, 15) is 29.4 Å². The van der Waals surface area contributed by atoms with E-state index in [1.165, 1.54) is 52.7 Å². The van der Waals surface area contributed by atoms with Crippen LogP contribution in [0.3, 0.4) is 0 Å². The maximum Gasteiger partial charge on any atom is 0.330 e. The van der Waals surface area contributed by atoms with Crippen molar-refractivity contribution >= 4 is 23.9 Å². The molecule has 0 aromatic carbocycles. The van der Waals surface area contributed by atoms with Crippen LogP contribution in [0.4, 0.5) is 0 Å². The van der Waals surface area contributed by atoms with Gasteiger partial charge >= 0.3 is 23.9 Å². The van der Waals surface area contributed by atoms with Gasteiger partial charge in [-0.05, 0) is 73.0 Å². The number of fused-ring (bicyclic) bond motifs is 2. The van der Waals surface area contributed by atoms with Crippen LogP contribution in [0.2, 0.25) is 0 Å². The fraction of sp³-hybridized carbons (Fsp3) is 0.636. The quantitative estimate of drug-likeness (QED) is 0.154. The Kier molecular flexibility index (Phi) is 19.1. The number of aliphatic hydroxyl groups excluding tert-OH is 2. The molecule has 2 N–H and O–H groups in total. The van der Waals surface area contributed by atoms with Crippen LogP contribution in [0.15, 0.2) is 70.9 Å². The molecule has 6 fully saturated rings. The Morgan fingerprint density at radius 3 is 1.08 bits per heavy atom. The van der Waals surface area contributed by atoms with E-state index < -0.39 is 24.1 Å². The first-order valence-corrected chi connectivity index (χ1v) is 19.7. The van der Waals surface area contributed by atoms with E-state index in [1.54, 1.807) is 28.4 Å². The lowest BCUT2D eigenvalue weighted by Crippen LogP contribution is -2.29. The fourth-order valence-corrected chi connectivity index (χ4v) is 7.53. The minimum Gasteiger partial charge on any atom is -0.466 e. The summed E-state index contributed by atoms with van der Waals surface area (Å²) in [6, 6.07) is 0. The van der Waals surface area contributed by atoms with Gasteiger partial charge in [-0.1, -0.05) is 13.2 Å². The summed E-state index contributed by atoms with van der Waals surface area (Å²) in [6.07, 6.45) is 10.6. The lowest BCUT2D eigenvalue weighted by atomic mass is 9.83. The highest BCUT2D eigenvalue weighted by molar-refractivity contribution is 5.85. The number of hydrogen-bond acceptors (Lipinski definition) is 16. The highest BCUT2D eigenvalue weighted by Gasteiger charge is 2.59. The van der Waals surface area contributed by atoms with E-state index in [4.69, 9.17) is 28.4 Å². The lowest BCUT2D eigenvalue weighted by Gasteiger charge is -2.29. The first kappa shape index (κ1) is 50.4. The molecule has 4 saturated carbocycles. The number of carbonyl (C=O) groups is 4. The van der Waals surface area contributed by atoms with Crippen molar-refractivity contribution in [3.8, 4) is 0 Å². The first-order chi connectivity index (χ1) is 28.4. The standard InChI is InChI=1S/4C11H16O4/c2*1-11-7(5-10(12)14-3)4-8(13-2)6-9(11)15-11;2*1-7-8(5-11(13)15-3)4-9(14-2)6-10(7)12/h2*5,8-9H,4,6H2,1-3H3;2*5,9-10,12H,1,4,6H2,2-3H3/b2*7-5+;2*8-5+/t2*8?,9?,11-;;/m10../s1. The molecule has 6 rings (SSSR count). The summed E-state index contributed by atoms with van der Waals surface area (Å²) in [6.45, 7) is 11.5. The number of ether oxygens (including phenoxy) is 10. The van der Waals surface area contributed by atoms with Gasteiger partial charge in [-0.25, -0.2) is 19.2 Å². The van der Waals surface area contributed by atoms with E-state index in [1.807, 2.05) is 13.8 Å². The van der Waals surface area contributed by atoms with Crippen molar-refractivity contribution < 1.29 is 76.8 Å². The summed E-state index contributed by atoms with van der Waals surface area (Å²) in [5.41, 5.74) is 4.03. The van der Waals surface area contributed by atoms with Crippen LogP contribution in [0.1, 0.15) is 65.2 Å². The van der Waals surface area contributed by atoms with Crippen LogP contribution in [0, 0.1) is 0 Å². The van der Waals surface area contributed by atoms with Crippen LogP contribution in [-0.4, -0.2) is 151 Å². The Bertz CT molecular complexity index is 1570. The van der Waals surface area contributed by atoms with Crippen molar-refractivity contribution in [2.75, 3.05) is 56.9 Å². The van der Waals surface area contributed by atoms with E-state index in [2.05, 4.69) is 32.1 Å². The number of aliphatic hydroxyl groups is 2. The third-order valence-electron chi connectivity index (χ3n) is 11.8.